The van der Waals surface area contributed by atoms with Crippen LogP contribution in [0.4, 0.5) is 0 Å². The van der Waals surface area contributed by atoms with Crippen LogP contribution in [-0.4, -0.2) is 35.6 Å². The van der Waals surface area contributed by atoms with Crippen LogP contribution in [0.1, 0.15) is 58.2 Å². The Kier molecular flexibility index (Phi) is 7.53. The monoisotopic (exact) mass is 498 g/mol. The summed E-state index contributed by atoms with van der Waals surface area (Å²) in [6.07, 6.45) is 2.93. The second kappa shape index (κ2) is 11.2. The van der Waals surface area contributed by atoms with Gasteiger partial charge in [0.05, 0.1) is 16.8 Å². The first kappa shape index (κ1) is 25.0. The van der Waals surface area contributed by atoms with Crippen molar-refractivity contribution in [2.45, 2.75) is 51.8 Å². The maximum absolute atomic E-state index is 13.6. The fourth-order valence-corrected chi connectivity index (χ4v) is 4.96. The van der Waals surface area contributed by atoms with Crippen molar-refractivity contribution in [1.29, 1.82) is 0 Å². The predicted molar refractivity (Wildman–Crippen MR) is 144 cm³/mol. The Morgan fingerprint density at radius 2 is 1.78 bits per heavy atom. The molecule has 1 aliphatic rings. The van der Waals surface area contributed by atoms with Crippen molar-refractivity contribution in [3.63, 3.8) is 0 Å². The van der Waals surface area contributed by atoms with E-state index in [-0.39, 0.29) is 5.91 Å². The molecular weight excluding hydrogens is 464 g/mol. The smallest absolute Gasteiger partial charge is 0.257 e. The molecule has 37 heavy (non-hydrogen) atoms. The molecule has 1 aromatic heterocycles. The van der Waals surface area contributed by atoms with Crippen molar-refractivity contribution in [2.75, 3.05) is 13.6 Å². The third-order valence-corrected chi connectivity index (χ3v) is 7.21. The average molecular weight is 499 g/mol. The number of benzene rings is 3. The van der Waals surface area contributed by atoms with Gasteiger partial charge in [-0.05, 0) is 61.6 Å². The molecule has 1 aliphatic heterocycles. The molecule has 2 atom stereocenters. The van der Waals surface area contributed by atoms with E-state index in [9.17, 15) is 4.79 Å². The van der Waals surface area contributed by atoms with Crippen LogP contribution in [0.3, 0.4) is 0 Å². The lowest BCUT2D eigenvalue weighted by Crippen LogP contribution is -2.32. The molecular formula is C30H34N4O3. The van der Waals surface area contributed by atoms with E-state index in [1.807, 2.05) is 63.4 Å². The zero-order valence-electron chi connectivity index (χ0n) is 21.7. The largest absolute Gasteiger partial charge is 0.488 e. The van der Waals surface area contributed by atoms with Gasteiger partial charge in [0.2, 0.25) is 0 Å². The Balaban J connectivity index is 1.23. The lowest BCUT2D eigenvalue weighted by atomic mass is 9.99. The minimum absolute atomic E-state index is 0.0424. The molecule has 2 heterocycles. The number of carbonyl (C=O) groups is 1. The summed E-state index contributed by atoms with van der Waals surface area (Å²) in [7, 11) is 1.86. The topological polar surface area (TPSA) is 79.6 Å². The first-order valence-electron chi connectivity index (χ1n) is 12.9. The molecule has 0 radical (unpaired) electrons. The van der Waals surface area contributed by atoms with Gasteiger partial charge in [-0.15, -0.1) is 0 Å². The van der Waals surface area contributed by atoms with E-state index in [1.54, 1.807) is 4.90 Å². The summed E-state index contributed by atoms with van der Waals surface area (Å²) in [5.74, 6) is 1.26. The fraction of sp³-hybridized carbons (Fsp3) is 0.333. The molecule has 1 saturated heterocycles. The molecule has 5 rings (SSSR count). The minimum atomic E-state index is -0.0424. The van der Waals surface area contributed by atoms with E-state index in [4.69, 9.17) is 9.26 Å². The highest BCUT2D eigenvalue weighted by atomic mass is 16.5. The number of nitrogens with zero attached hydrogens (tertiary/aromatic N) is 2. The summed E-state index contributed by atoms with van der Waals surface area (Å²) in [6, 6.07) is 23.1. The predicted octanol–water partition coefficient (Wildman–Crippen LogP) is 5.48. The third-order valence-electron chi connectivity index (χ3n) is 7.21. The Morgan fingerprint density at radius 1 is 1.05 bits per heavy atom. The maximum atomic E-state index is 13.6. The van der Waals surface area contributed by atoms with Crippen LogP contribution in [0.5, 0.6) is 5.75 Å². The summed E-state index contributed by atoms with van der Waals surface area (Å²) in [6.45, 7) is 4.73. The number of ether oxygens (including phenoxy) is 1. The maximum Gasteiger partial charge on any atom is 0.257 e. The summed E-state index contributed by atoms with van der Waals surface area (Å²) in [5, 5.41) is 6.05. The molecule has 0 bridgehead atoms. The van der Waals surface area contributed by atoms with Crippen LogP contribution in [0.25, 0.3) is 10.8 Å². The van der Waals surface area contributed by atoms with Crippen molar-refractivity contribution >= 4 is 16.7 Å². The van der Waals surface area contributed by atoms with Gasteiger partial charge in [0, 0.05) is 25.7 Å². The summed E-state index contributed by atoms with van der Waals surface area (Å²) in [5.41, 5.74) is 10.4. The van der Waals surface area contributed by atoms with E-state index in [2.05, 4.69) is 40.3 Å². The normalized spacial score (nSPS) is 17.3. The van der Waals surface area contributed by atoms with Gasteiger partial charge >= 0.3 is 0 Å². The Hall–Kier alpha value is -3.68. The minimum Gasteiger partial charge on any atom is -0.488 e. The molecule has 2 unspecified atom stereocenters. The number of aromatic nitrogens is 1. The fourth-order valence-electron chi connectivity index (χ4n) is 4.96. The molecule has 7 nitrogen and oxygen atoms in total. The van der Waals surface area contributed by atoms with Crippen molar-refractivity contribution < 1.29 is 14.1 Å². The molecule has 2 N–H and O–H groups in total. The summed E-state index contributed by atoms with van der Waals surface area (Å²) in [4.78, 5) is 15.4. The molecule has 1 amide bonds. The van der Waals surface area contributed by atoms with E-state index in [0.717, 1.165) is 47.1 Å². The molecule has 0 aliphatic carbocycles. The molecule has 0 saturated carbocycles. The first-order chi connectivity index (χ1) is 18.0. The highest BCUT2D eigenvalue weighted by Gasteiger charge is 2.25. The number of rotatable bonds is 9. The number of fused-ring (bicyclic) bond motifs is 1. The standard InChI is InChI=1S/C30H34N4O3/c1-20-27(21(2)37-33-20)19-36-29-17-24-13-8-7-12-23(24)16-26(29)30(35)34(3)15-9-14-25-18-28(32-31-25)22-10-5-4-6-11-22/h4-8,10-13,16-17,25,28,31-32H,9,14-15,18-19H2,1-3H3. The van der Waals surface area contributed by atoms with Gasteiger partial charge in [-0.25, -0.2) is 0 Å². The van der Waals surface area contributed by atoms with Gasteiger partial charge in [0.15, 0.2) is 0 Å². The Bertz CT molecular complexity index is 1350. The van der Waals surface area contributed by atoms with E-state index in [1.165, 1.54) is 5.56 Å². The van der Waals surface area contributed by atoms with Crippen molar-refractivity contribution in [2.24, 2.45) is 0 Å². The lowest BCUT2D eigenvalue weighted by molar-refractivity contribution is 0.0787. The van der Waals surface area contributed by atoms with Crippen molar-refractivity contribution in [3.8, 4) is 5.75 Å². The van der Waals surface area contributed by atoms with E-state index in [0.29, 0.717) is 36.5 Å². The van der Waals surface area contributed by atoms with Crippen molar-refractivity contribution in [1.82, 2.24) is 20.9 Å². The zero-order valence-corrected chi connectivity index (χ0v) is 21.7. The van der Waals surface area contributed by atoms with Crippen LogP contribution in [0.2, 0.25) is 0 Å². The molecule has 3 aromatic carbocycles. The van der Waals surface area contributed by atoms with Crippen LogP contribution in [0, 0.1) is 13.8 Å². The number of amides is 1. The van der Waals surface area contributed by atoms with Crippen LogP contribution < -0.4 is 15.6 Å². The van der Waals surface area contributed by atoms with Gasteiger partial charge in [0.1, 0.15) is 18.1 Å². The number of hydrogen-bond acceptors (Lipinski definition) is 6. The first-order valence-corrected chi connectivity index (χ1v) is 12.9. The second-order valence-electron chi connectivity index (χ2n) is 9.84. The summed E-state index contributed by atoms with van der Waals surface area (Å²) >= 11 is 0. The van der Waals surface area contributed by atoms with Gasteiger partial charge in [-0.1, -0.05) is 59.8 Å². The molecule has 4 aromatic rings. The molecule has 192 valence electrons. The number of hydrogen-bond donors (Lipinski definition) is 2. The lowest BCUT2D eigenvalue weighted by Gasteiger charge is -2.21. The Morgan fingerprint density at radius 3 is 2.51 bits per heavy atom. The number of nitrogens with one attached hydrogen (secondary N) is 2. The highest BCUT2D eigenvalue weighted by Crippen LogP contribution is 2.29. The van der Waals surface area contributed by atoms with Crippen LogP contribution >= 0.6 is 0 Å². The van der Waals surface area contributed by atoms with Gasteiger partial charge < -0.3 is 14.2 Å². The highest BCUT2D eigenvalue weighted by molar-refractivity contribution is 6.01. The van der Waals surface area contributed by atoms with Gasteiger partial charge in [-0.3, -0.25) is 15.6 Å². The van der Waals surface area contributed by atoms with Crippen molar-refractivity contribution in [3.05, 3.63) is 94.9 Å². The van der Waals surface area contributed by atoms with E-state index >= 15 is 0 Å². The molecule has 7 heteroatoms. The number of carbonyl (C=O) groups excluding carboxylic acids is 1. The SMILES string of the molecule is Cc1noc(C)c1COc1cc2ccccc2cc1C(=O)N(C)CCCC1CC(c2ccccc2)NN1. The zero-order chi connectivity index (χ0) is 25.8. The molecule has 1 fully saturated rings. The van der Waals surface area contributed by atoms with Crippen LogP contribution in [0.15, 0.2) is 71.3 Å². The van der Waals surface area contributed by atoms with Gasteiger partial charge in [-0.2, -0.15) is 0 Å². The third kappa shape index (κ3) is 5.68. The summed E-state index contributed by atoms with van der Waals surface area (Å²) < 4.78 is 11.5. The van der Waals surface area contributed by atoms with Gasteiger partial charge in [0.25, 0.3) is 5.91 Å². The second-order valence-corrected chi connectivity index (χ2v) is 9.84. The quantitative estimate of drug-likeness (QED) is 0.318. The number of hydrazine groups is 1. The van der Waals surface area contributed by atoms with E-state index < -0.39 is 0 Å². The van der Waals surface area contributed by atoms with Crippen LogP contribution in [-0.2, 0) is 6.61 Å². The average Bonchev–Trinajstić information content (AvgIpc) is 3.53. The molecule has 0 spiro atoms. The Labute approximate surface area is 217 Å². The number of aryl methyl sites for hydroxylation is 2.